The molecule has 0 spiro atoms. The zero-order valence-electron chi connectivity index (χ0n) is 12.7. The van der Waals surface area contributed by atoms with E-state index in [9.17, 15) is 4.39 Å². The zero-order chi connectivity index (χ0) is 14.9. The Morgan fingerprint density at radius 2 is 1.95 bits per heavy atom. The Bertz CT molecular complexity index is 632. The summed E-state index contributed by atoms with van der Waals surface area (Å²) < 4.78 is 19.0. The molecule has 3 nitrogen and oxygen atoms in total. The summed E-state index contributed by atoms with van der Waals surface area (Å²) in [6.07, 6.45) is 0. The molecule has 0 aliphatic heterocycles. The van der Waals surface area contributed by atoms with Crippen LogP contribution in [0.5, 0.6) is 5.75 Å². The fourth-order valence-corrected chi connectivity index (χ4v) is 2.14. The van der Waals surface area contributed by atoms with Crippen molar-refractivity contribution in [1.29, 1.82) is 0 Å². The molecule has 0 saturated carbocycles. The molecule has 0 radical (unpaired) electrons. The smallest absolute Gasteiger partial charge is 0.148 e. The maximum Gasteiger partial charge on any atom is 0.148 e. The maximum atomic E-state index is 13.7. The molecule has 1 heterocycles. The third kappa shape index (κ3) is 2.69. The Balaban J connectivity index is 2.81. The molecule has 0 aliphatic rings. The molecule has 0 atom stereocenters. The minimum Gasteiger partial charge on any atom is -0.494 e. The molecule has 0 unspecified atom stereocenters. The minimum atomic E-state index is -0.321. The SMILES string of the molecule is CCNc1cc(C(C)(C)C)nc2c(OC)cc(F)cc12. The van der Waals surface area contributed by atoms with Gasteiger partial charge in [0.05, 0.1) is 7.11 Å². The molecule has 0 aliphatic carbocycles. The highest BCUT2D eigenvalue weighted by Crippen LogP contribution is 2.34. The van der Waals surface area contributed by atoms with Gasteiger partial charge in [-0.1, -0.05) is 20.8 Å². The van der Waals surface area contributed by atoms with Crippen molar-refractivity contribution in [2.24, 2.45) is 0 Å². The van der Waals surface area contributed by atoms with E-state index < -0.39 is 0 Å². The van der Waals surface area contributed by atoms with Gasteiger partial charge < -0.3 is 10.1 Å². The molecule has 2 rings (SSSR count). The van der Waals surface area contributed by atoms with Gasteiger partial charge in [-0.15, -0.1) is 0 Å². The van der Waals surface area contributed by atoms with Crippen LogP contribution >= 0.6 is 0 Å². The first-order valence-electron chi connectivity index (χ1n) is 6.79. The average Bonchev–Trinajstić information content (AvgIpc) is 2.37. The van der Waals surface area contributed by atoms with Crippen LogP contribution in [0.4, 0.5) is 10.1 Å². The number of aromatic nitrogens is 1. The molecule has 0 bridgehead atoms. The summed E-state index contributed by atoms with van der Waals surface area (Å²) in [6, 6.07) is 4.86. The first-order chi connectivity index (χ1) is 9.36. The van der Waals surface area contributed by atoms with Gasteiger partial charge in [0, 0.05) is 34.8 Å². The van der Waals surface area contributed by atoms with Gasteiger partial charge in [-0.3, -0.25) is 0 Å². The summed E-state index contributed by atoms with van der Waals surface area (Å²) in [4.78, 5) is 4.67. The standard InChI is InChI=1S/C16H21FN2O/c1-6-18-12-9-14(16(2,3)4)19-15-11(12)7-10(17)8-13(15)20-5/h7-9H,6H2,1-5H3,(H,18,19). The molecular weight excluding hydrogens is 255 g/mol. The number of benzene rings is 1. The molecule has 0 fully saturated rings. The quantitative estimate of drug-likeness (QED) is 0.916. The van der Waals surface area contributed by atoms with E-state index in [1.54, 1.807) is 0 Å². The van der Waals surface area contributed by atoms with Gasteiger partial charge in [0.1, 0.15) is 17.1 Å². The van der Waals surface area contributed by atoms with Crippen LogP contribution in [-0.4, -0.2) is 18.6 Å². The number of rotatable bonds is 3. The number of hydrogen-bond donors (Lipinski definition) is 1. The van der Waals surface area contributed by atoms with Crippen LogP contribution in [0, 0.1) is 5.82 Å². The third-order valence-electron chi connectivity index (χ3n) is 3.20. The van der Waals surface area contributed by atoms with Gasteiger partial charge in [0.15, 0.2) is 0 Å². The number of anilines is 1. The van der Waals surface area contributed by atoms with E-state index in [0.29, 0.717) is 11.3 Å². The normalized spacial score (nSPS) is 11.7. The van der Waals surface area contributed by atoms with Gasteiger partial charge in [-0.25, -0.2) is 9.37 Å². The third-order valence-corrected chi connectivity index (χ3v) is 3.20. The molecular formula is C16H21FN2O. The highest BCUT2D eigenvalue weighted by Gasteiger charge is 2.19. The van der Waals surface area contributed by atoms with Crippen molar-refractivity contribution < 1.29 is 9.13 Å². The van der Waals surface area contributed by atoms with Crippen molar-refractivity contribution in [3.05, 3.63) is 29.7 Å². The zero-order valence-corrected chi connectivity index (χ0v) is 12.7. The van der Waals surface area contributed by atoms with Crippen molar-refractivity contribution in [3.8, 4) is 5.75 Å². The molecule has 0 amide bonds. The number of hydrogen-bond acceptors (Lipinski definition) is 3. The highest BCUT2D eigenvalue weighted by atomic mass is 19.1. The lowest BCUT2D eigenvalue weighted by Crippen LogP contribution is -2.14. The van der Waals surface area contributed by atoms with Crippen LogP contribution in [-0.2, 0) is 5.41 Å². The molecule has 20 heavy (non-hydrogen) atoms. The Hall–Kier alpha value is -1.84. The van der Waals surface area contributed by atoms with Crippen molar-refractivity contribution in [2.75, 3.05) is 19.0 Å². The van der Waals surface area contributed by atoms with Gasteiger partial charge in [0.25, 0.3) is 0 Å². The largest absolute Gasteiger partial charge is 0.494 e. The molecule has 108 valence electrons. The topological polar surface area (TPSA) is 34.2 Å². The van der Waals surface area contributed by atoms with Crippen molar-refractivity contribution in [3.63, 3.8) is 0 Å². The molecule has 4 heteroatoms. The van der Waals surface area contributed by atoms with Crippen LogP contribution in [0.25, 0.3) is 10.9 Å². The first kappa shape index (κ1) is 14.6. The van der Waals surface area contributed by atoms with Crippen LogP contribution in [0.3, 0.4) is 0 Å². The summed E-state index contributed by atoms with van der Waals surface area (Å²) in [5.74, 6) is 0.143. The van der Waals surface area contributed by atoms with Gasteiger partial charge >= 0.3 is 0 Å². The highest BCUT2D eigenvalue weighted by molar-refractivity contribution is 5.95. The van der Waals surface area contributed by atoms with E-state index in [2.05, 4.69) is 31.1 Å². The monoisotopic (exact) mass is 276 g/mol. The Labute approximate surface area is 119 Å². The number of halogens is 1. The number of fused-ring (bicyclic) bond motifs is 1. The van der Waals surface area contributed by atoms with Crippen LogP contribution < -0.4 is 10.1 Å². The number of nitrogens with zero attached hydrogens (tertiary/aromatic N) is 1. The summed E-state index contributed by atoms with van der Waals surface area (Å²) in [6.45, 7) is 9.09. The lowest BCUT2D eigenvalue weighted by molar-refractivity contribution is 0.415. The van der Waals surface area contributed by atoms with Crippen LogP contribution in [0.1, 0.15) is 33.4 Å². The van der Waals surface area contributed by atoms with Crippen molar-refractivity contribution >= 4 is 16.6 Å². The second kappa shape index (κ2) is 5.27. The summed E-state index contributed by atoms with van der Waals surface area (Å²) in [5.41, 5.74) is 2.45. The predicted octanol–water partition coefficient (Wildman–Crippen LogP) is 4.11. The molecule has 0 saturated heterocycles. The Morgan fingerprint density at radius 1 is 1.25 bits per heavy atom. The number of nitrogens with one attached hydrogen (secondary N) is 1. The Morgan fingerprint density at radius 3 is 2.50 bits per heavy atom. The lowest BCUT2D eigenvalue weighted by atomic mass is 9.90. The fraction of sp³-hybridized carbons (Fsp3) is 0.438. The Kier molecular flexibility index (Phi) is 3.84. The van der Waals surface area contributed by atoms with E-state index in [1.165, 1.54) is 19.2 Å². The van der Waals surface area contributed by atoms with Crippen LogP contribution in [0.15, 0.2) is 18.2 Å². The number of ether oxygens (including phenoxy) is 1. The van der Waals surface area contributed by atoms with Gasteiger partial charge in [-0.05, 0) is 19.1 Å². The molecule has 1 N–H and O–H groups in total. The lowest BCUT2D eigenvalue weighted by Gasteiger charge is -2.21. The van der Waals surface area contributed by atoms with Crippen molar-refractivity contribution in [2.45, 2.75) is 33.1 Å². The van der Waals surface area contributed by atoms with E-state index in [1.807, 2.05) is 13.0 Å². The average molecular weight is 276 g/mol. The molecule has 2 aromatic rings. The van der Waals surface area contributed by atoms with E-state index >= 15 is 0 Å². The summed E-state index contributed by atoms with van der Waals surface area (Å²) in [7, 11) is 1.53. The van der Waals surface area contributed by atoms with E-state index in [0.717, 1.165) is 23.3 Å². The predicted molar refractivity (Wildman–Crippen MR) is 81.1 cm³/mol. The number of methoxy groups -OCH3 is 1. The maximum absolute atomic E-state index is 13.7. The first-order valence-corrected chi connectivity index (χ1v) is 6.79. The second-order valence-electron chi connectivity index (χ2n) is 5.84. The van der Waals surface area contributed by atoms with Gasteiger partial charge in [-0.2, -0.15) is 0 Å². The fourth-order valence-electron chi connectivity index (χ4n) is 2.14. The summed E-state index contributed by atoms with van der Waals surface area (Å²) >= 11 is 0. The minimum absolute atomic E-state index is 0.0856. The van der Waals surface area contributed by atoms with Crippen molar-refractivity contribution in [1.82, 2.24) is 4.98 Å². The van der Waals surface area contributed by atoms with Crippen LogP contribution in [0.2, 0.25) is 0 Å². The van der Waals surface area contributed by atoms with Gasteiger partial charge in [0.2, 0.25) is 0 Å². The second-order valence-corrected chi connectivity index (χ2v) is 5.84. The summed E-state index contributed by atoms with van der Waals surface area (Å²) in [5, 5.41) is 4.03. The molecule has 1 aromatic carbocycles. The number of pyridine rings is 1. The molecule has 1 aromatic heterocycles. The van der Waals surface area contributed by atoms with E-state index in [-0.39, 0.29) is 11.2 Å². The van der Waals surface area contributed by atoms with E-state index in [4.69, 9.17) is 4.74 Å².